The van der Waals surface area contributed by atoms with Gasteiger partial charge in [-0.3, -0.25) is 18.9 Å². The van der Waals surface area contributed by atoms with Crippen molar-refractivity contribution < 1.29 is 38.6 Å². The number of hydrogen-bond acceptors (Lipinski definition) is 5. The molecular formula is C11H20N3O8P. The zero-order chi connectivity index (χ0) is 18.2. The summed E-state index contributed by atoms with van der Waals surface area (Å²) in [6.45, 7) is 2.92. The number of amides is 3. The smallest absolute Gasteiger partial charge is 0.344 e. The van der Waals surface area contributed by atoms with Crippen LogP contribution in [0.25, 0.3) is 0 Å². The molecule has 0 bridgehead atoms. The third-order valence-corrected chi connectivity index (χ3v) is 3.15. The molecule has 0 spiro atoms. The topological polar surface area (TPSA) is 182 Å². The van der Waals surface area contributed by atoms with Crippen LogP contribution in [0.15, 0.2) is 0 Å². The molecule has 0 fully saturated rings. The fourth-order valence-corrected chi connectivity index (χ4v) is 1.74. The van der Waals surface area contributed by atoms with Gasteiger partial charge in [0.1, 0.15) is 18.4 Å². The second kappa shape index (κ2) is 9.23. The van der Waals surface area contributed by atoms with E-state index in [2.05, 4.69) is 10.6 Å². The number of nitrogens with one attached hydrogen (secondary N) is 3. The van der Waals surface area contributed by atoms with Crippen LogP contribution in [0.3, 0.4) is 0 Å². The third-order valence-electron chi connectivity index (χ3n) is 2.58. The van der Waals surface area contributed by atoms with Gasteiger partial charge in [-0.25, -0.2) is 4.79 Å². The molecule has 0 aliphatic heterocycles. The standard InChI is InChI=1S/C11H20N3O8P/c1-3-8(15)13-6(2)10(17)14-7(11(18)19)4-9(16)12-5-23(20,21)22/h6-7H,3-5H2,1-2H3,(H,12,16)(H,13,15)(H,14,17)(H,18,19)(H2,20,21,22)/t6-,7-/m0/s1. The summed E-state index contributed by atoms with van der Waals surface area (Å²) < 4.78 is 10.6. The molecule has 0 saturated heterocycles. The Balaban J connectivity index is 4.60. The number of carboxylic acids is 1. The highest BCUT2D eigenvalue weighted by Gasteiger charge is 2.26. The van der Waals surface area contributed by atoms with Crippen LogP contribution in [-0.2, 0) is 23.7 Å². The SMILES string of the molecule is CCC(=O)N[C@@H](C)C(=O)N[C@@H](CC(=O)NCP(=O)(O)O)C(=O)O. The summed E-state index contributed by atoms with van der Waals surface area (Å²) >= 11 is 0. The van der Waals surface area contributed by atoms with E-state index >= 15 is 0 Å². The highest BCUT2D eigenvalue weighted by Crippen LogP contribution is 2.31. The van der Waals surface area contributed by atoms with Gasteiger partial charge in [0.25, 0.3) is 0 Å². The molecule has 3 amide bonds. The van der Waals surface area contributed by atoms with E-state index in [4.69, 9.17) is 14.9 Å². The highest BCUT2D eigenvalue weighted by atomic mass is 31.2. The lowest BCUT2D eigenvalue weighted by Gasteiger charge is -2.18. The summed E-state index contributed by atoms with van der Waals surface area (Å²) in [5.41, 5.74) is 0. The summed E-state index contributed by atoms with van der Waals surface area (Å²) in [6, 6.07) is -2.59. The molecule has 0 unspecified atom stereocenters. The number of carbonyl (C=O) groups is 4. The van der Waals surface area contributed by atoms with Gasteiger partial charge in [0.05, 0.1) is 6.42 Å². The largest absolute Gasteiger partial charge is 0.480 e. The Morgan fingerprint density at radius 2 is 1.65 bits per heavy atom. The Morgan fingerprint density at radius 1 is 1.09 bits per heavy atom. The predicted octanol–water partition coefficient (Wildman–Crippen LogP) is -1.89. The van der Waals surface area contributed by atoms with Crippen LogP contribution in [0.2, 0.25) is 0 Å². The van der Waals surface area contributed by atoms with E-state index in [9.17, 15) is 23.7 Å². The van der Waals surface area contributed by atoms with Crippen LogP contribution < -0.4 is 16.0 Å². The Hall–Kier alpha value is -1.97. The normalized spacial score (nSPS) is 13.6. The molecule has 0 aliphatic rings. The lowest BCUT2D eigenvalue weighted by Crippen LogP contribution is -2.51. The molecule has 0 saturated carbocycles. The van der Waals surface area contributed by atoms with Crippen molar-refractivity contribution in [2.45, 2.75) is 38.8 Å². The van der Waals surface area contributed by atoms with Gasteiger partial charge in [0.2, 0.25) is 17.7 Å². The minimum atomic E-state index is -4.46. The minimum Gasteiger partial charge on any atom is -0.480 e. The summed E-state index contributed by atoms with van der Waals surface area (Å²) in [4.78, 5) is 62.6. The molecule has 12 heteroatoms. The number of carbonyl (C=O) groups excluding carboxylic acids is 3. The van der Waals surface area contributed by atoms with Crippen LogP contribution in [0.4, 0.5) is 0 Å². The highest BCUT2D eigenvalue weighted by molar-refractivity contribution is 7.51. The quantitative estimate of drug-likeness (QED) is 0.260. The van der Waals surface area contributed by atoms with Crippen molar-refractivity contribution >= 4 is 31.3 Å². The second-order valence-electron chi connectivity index (χ2n) is 4.67. The van der Waals surface area contributed by atoms with Crippen LogP contribution in [0.5, 0.6) is 0 Å². The Morgan fingerprint density at radius 3 is 2.09 bits per heavy atom. The van der Waals surface area contributed by atoms with E-state index in [1.807, 2.05) is 5.32 Å². The molecule has 0 radical (unpaired) electrons. The lowest BCUT2D eigenvalue weighted by atomic mass is 10.1. The number of rotatable bonds is 9. The third kappa shape index (κ3) is 9.61. The van der Waals surface area contributed by atoms with E-state index in [0.717, 1.165) is 0 Å². The summed E-state index contributed by atoms with van der Waals surface area (Å²) in [5.74, 6) is -3.66. The minimum absolute atomic E-state index is 0.144. The fourth-order valence-electron chi connectivity index (χ4n) is 1.35. The van der Waals surface area contributed by atoms with Gasteiger partial charge in [-0.15, -0.1) is 0 Å². The average Bonchev–Trinajstić information content (AvgIpc) is 2.43. The number of aliphatic carboxylic acids is 1. The van der Waals surface area contributed by atoms with E-state index in [-0.39, 0.29) is 6.42 Å². The molecule has 23 heavy (non-hydrogen) atoms. The van der Waals surface area contributed by atoms with Crippen molar-refractivity contribution in [1.82, 2.24) is 16.0 Å². The summed E-state index contributed by atoms with van der Waals surface area (Å²) in [5, 5.41) is 15.2. The average molecular weight is 353 g/mol. The van der Waals surface area contributed by atoms with Crippen molar-refractivity contribution in [2.24, 2.45) is 0 Å². The first-order valence-corrected chi connectivity index (χ1v) is 8.39. The monoisotopic (exact) mass is 353 g/mol. The number of carboxylic acid groups (broad SMARTS) is 1. The maximum Gasteiger partial charge on any atom is 0.344 e. The molecule has 0 heterocycles. The Labute approximate surface area is 132 Å². The lowest BCUT2D eigenvalue weighted by molar-refractivity contribution is -0.143. The molecule has 11 nitrogen and oxygen atoms in total. The van der Waals surface area contributed by atoms with Gasteiger partial charge >= 0.3 is 13.6 Å². The van der Waals surface area contributed by atoms with E-state index in [0.29, 0.717) is 0 Å². The predicted molar refractivity (Wildman–Crippen MR) is 77.1 cm³/mol. The van der Waals surface area contributed by atoms with Gasteiger partial charge in [0.15, 0.2) is 0 Å². The maximum atomic E-state index is 11.8. The van der Waals surface area contributed by atoms with Crippen LogP contribution in [0.1, 0.15) is 26.7 Å². The molecule has 0 aliphatic carbocycles. The zero-order valence-electron chi connectivity index (χ0n) is 12.6. The number of hydrogen-bond donors (Lipinski definition) is 6. The fraction of sp³-hybridized carbons (Fsp3) is 0.636. The van der Waals surface area contributed by atoms with Crippen LogP contribution >= 0.6 is 7.60 Å². The molecule has 0 aromatic carbocycles. The second-order valence-corrected chi connectivity index (χ2v) is 6.31. The van der Waals surface area contributed by atoms with Crippen LogP contribution in [-0.4, -0.2) is 57.0 Å². The molecule has 0 aromatic heterocycles. The van der Waals surface area contributed by atoms with Crippen molar-refractivity contribution in [3.8, 4) is 0 Å². The van der Waals surface area contributed by atoms with Crippen molar-refractivity contribution in [3.63, 3.8) is 0 Å². The first-order valence-electron chi connectivity index (χ1n) is 6.60. The van der Waals surface area contributed by atoms with Crippen LogP contribution in [0, 0.1) is 0 Å². The Bertz CT molecular complexity index is 517. The van der Waals surface area contributed by atoms with Gasteiger partial charge in [0, 0.05) is 6.42 Å². The molecule has 0 aromatic rings. The van der Waals surface area contributed by atoms with Crippen molar-refractivity contribution in [3.05, 3.63) is 0 Å². The summed E-state index contributed by atoms with van der Waals surface area (Å²) in [7, 11) is -4.46. The van der Waals surface area contributed by atoms with Crippen molar-refractivity contribution in [2.75, 3.05) is 6.29 Å². The molecule has 2 atom stereocenters. The van der Waals surface area contributed by atoms with Crippen molar-refractivity contribution in [1.29, 1.82) is 0 Å². The van der Waals surface area contributed by atoms with Gasteiger partial charge in [-0.2, -0.15) is 0 Å². The molecule has 0 rings (SSSR count). The first kappa shape index (κ1) is 21.0. The molecular weight excluding hydrogens is 333 g/mol. The first-order chi connectivity index (χ1) is 10.5. The summed E-state index contributed by atoms with van der Waals surface area (Å²) in [6.07, 6.45) is -1.50. The van der Waals surface area contributed by atoms with E-state index < -0.39 is 56.1 Å². The van der Waals surface area contributed by atoms with E-state index in [1.54, 1.807) is 6.92 Å². The van der Waals surface area contributed by atoms with Gasteiger partial charge < -0.3 is 30.8 Å². The Kier molecular flexibility index (Phi) is 8.44. The van der Waals surface area contributed by atoms with Gasteiger partial charge in [-0.05, 0) is 6.92 Å². The van der Waals surface area contributed by atoms with E-state index in [1.165, 1.54) is 6.92 Å². The van der Waals surface area contributed by atoms with Gasteiger partial charge in [-0.1, -0.05) is 6.92 Å². The molecule has 6 N–H and O–H groups in total. The zero-order valence-corrected chi connectivity index (χ0v) is 13.5. The maximum absolute atomic E-state index is 11.8. The molecule has 132 valence electrons.